The largest absolute Gasteiger partial charge is 0.338 e. The van der Waals surface area contributed by atoms with Gasteiger partial charge in [-0.1, -0.05) is 19.9 Å². The van der Waals surface area contributed by atoms with Crippen LogP contribution in [0.4, 0.5) is 4.39 Å². The van der Waals surface area contributed by atoms with E-state index in [1.807, 2.05) is 23.9 Å². The Kier molecular flexibility index (Phi) is 4.32. The summed E-state index contributed by atoms with van der Waals surface area (Å²) in [4.78, 5) is 4.30. The van der Waals surface area contributed by atoms with E-state index in [4.69, 9.17) is 0 Å². The molecule has 0 bridgehead atoms. The molecule has 4 heteroatoms. The summed E-state index contributed by atoms with van der Waals surface area (Å²) in [5.74, 6) is 0.744. The zero-order valence-corrected chi connectivity index (χ0v) is 11.7. The number of benzene rings is 1. The van der Waals surface area contributed by atoms with Crippen LogP contribution in [0.3, 0.4) is 0 Å². The van der Waals surface area contributed by atoms with Crippen molar-refractivity contribution in [3.63, 3.8) is 0 Å². The molecular weight excluding hydrogens is 241 g/mol. The van der Waals surface area contributed by atoms with Gasteiger partial charge in [-0.15, -0.1) is 0 Å². The van der Waals surface area contributed by atoms with Crippen molar-refractivity contribution in [1.82, 2.24) is 14.9 Å². The minimum Gasteiger partial charge on any atom is -0.338 e. The molecule has 2 rings (SSSR count). The quantitative estimate of drug-likeness (QED) is 0.896. The maximum absolute atomic E-state index is 13.4. The number of nitrogens with one attached hydrogen (secondary N) is 1. The predicted molar refractivity (Wildman–Crippen MR) is 74.4 cm³/mol. The van der Waals surface area contributed by atoms with E-state index in [1.54, 1.807) is 12.3 Å². The van der Waals surface area contributed by atoms with Gasteiger partial charge in [-0.25, -0.2) is 9.37 Å². The lowest BCUT2D eigenvalue weighted by atomic mass is 10.0. The Morgan fingerprint density at radius 1 is 1.32 bits per heavy atom. The molecule has 1 heterocycles. The molecule has 0 saturated carbocycles. The third kappa shape index (κ3) is 3.64. The highest BCUT2D eigenvalue weighted by atomic mass is 19.1. The highest BCUT2D eigenvalue weighted by Crippen LogP contribution is 2.15. The fraction of sp³-hybridized carbons (Fsp3) is 0.400. The first kappa shape index (κ1) is 13.7. The van der Waals surface area contributed by atoms with Gasteiger partial charge in [0, 0.05) is 38.4 Å². The van der Waals surface area contributed by atoms with Gasteiger partial charge in [0.1, 0.15) is 11.6 Å². The number of nitrogens with zero attached hydrogens (tertiary/aromatic N) is 2. The average Bonchev–Trinajstić information content (AvgIpc) is 2.74. The first-order chi connectivity index (χ1) is 9.06. The monoisotopic (exact) mass is 261 g/mol. The molecule has 3 nitrogen and oxygen atoms in total. The third-order valence-electron chi connectivity index (χ3n) is 3.14. The van der Waals surface area contributed by atoms with Gasteiger partial charge in [0.2, 0.25) is 0 Å². The van der Waals surface area contributed by atoms with Gasteiger partial charge in [-0.3, -0.25) is 0 Å². The Hall–Kier alpha value is -1.68. The van der Waals surface area contributed by atoms with E-state index >= 15 is 0 Å². The molecule has 0 radical (unpaired) electrons. The number of rotatable bonds is 5. The molecule has 102 valence electrons. The standard InChI is InChI=1S/C15H20FN3/c1-11(2)18-10-12-4-5-14(16)8-13(12)9-15-17-6-7-19(15)3/h4-8,11,18H,9-10H2,1-3H3. The lowest BCUT2D eigenvalue weighted by molar-refractivity contribution is 0.582. The van der Waals surface area contributed by atoms with Crippen molar-refractivity contribution in [1.29, 1.82) is 0 Å². The summed E-state index contributed by atoms with van der Waals surface area (Å²) in [7, 11) is 1.95. The number of aryl methyl sites for hydroxylation is 1. The van der Waals surface area contributed by atoms with Gasteiger partial charge >= 0.3 is 0 Å². The molecule has 0 saturated heterocycles. The van der Waals surface area contributed by atoms with Crippen LogP contribution < -0.4 is 5.32 Å². The molecule has 0 unspecified atom stereocenters. The molecule has 19 heavy (non-hydrogen) atoms. The molecule has 0 aliphatic carbocycles. The average molecular weight is 261 g/mol. The lowest BCUT2D eigenvalue weighted by Gasteiger charge is -2.13. The van der Waals surface area contributed by atoms with Crippen molar-refractivity contribution in [2.45, 2.75) is 32.9 Å². The van der Waals surface area contributed by atoms with Gasteiger partial charge in [0.05, 0.1) is 0 Å². The van der Waals surface area contributed by atoms with Crippen LogP contribution in [0.15, 0.2) is 30.6 Å². The van der Waals surface area contributed by atoms with E-state index in [2.05, 4.69) is 24.1 Å². The molecule has 1 N–H and O–H groups in total. The predicted octanol–water partition coefficient (Wildman–Crippen LogP) is 2.65. The molecule has 1 aromatic carbocycles. The summed E-state index contributed by atoms with van der Waals surface area (Å²) in [6.07, 6.45) is 4.32. The number of hydrogen-bond acceptors (Lipinski definition) is 2. The fourth-order valence-electron chi connectivity index (χ4n) is 1.98. The van der Waals surface area contributed by atoms with E-state index < -0.39 is 0 Å². The fourth-order valence-corrected chi connectivity index (χ4v) is 1.98. The minimum atomic E-state index is -0.197. The molecule has 1 aromatic heterocycles. The second-order valence-corrected chi connectivity index (χ2v) is 5.08. The highest BCUT2D eigenvalue weighted by molar-refractivity contribution is 5.30. The molecule has 0 fully saturated rings. The van der Waals surface area contributed by atoms with E-state index in [0.29, 0.717) is 12.5 Å². The number of aromatic nitrogens is 2. The smallest absolute Gasteiger partial charge is 0.123 e. The van der Waals surface area contributed by atoms with Crippen LogP contribution in [-0.4, -0.2) is 15.6 Å². The van der Waals surface area contributed by atoms with Gasteiger partial charge in [-0.05, 0) is 23.3 Å². The van der Waals surface area contributed by atoms with Crippen molar-refractivity contribution in [2.24, 2.45) is 7.05 Å². The molecule has 0 aliphatic heterocycles. The van der Waals surface area contributed by atoms with Crippen LogP contribution >= 0.6 is 0 Å². The second-order valence-electron chi connectivity index (χ2n) is 5.08. The zero-order valence-electron chi connectivity index (χ0n) is 11.7. The van der Waals surface area contributed by atoms with Crippen LogP contribution in [0.1, 0.15) is 30.8 Å². The van der Waals surface area contributed by atoms with Crippen molar-refractivity contribution in [3.05, 3.63) is 53.4 Å². The summed E-state index contributed by atoms with van der Waals surface area (Å²) in [5.41, 5.74) is 2.11. The summed E-state index contributed by atoms with van der Waals surface area (Å²) >= 11 is 0. The highest BCUT2D eigenvalue weighted by Gasteiger charge is 2.08. The van der Waals surface area contributed by atoms with Crippen LogP contribution in [0.25, 0.3) is 0 Å². The first-order valence-corrected chi connectivity index (χ1v) is 6.53. The summed E-state index contributed by atoms with van der Waals surface area (Å²) in [6, 6.07) is 5.37. The maximum atomic E-state index is 13.4. The molecule has 0 amide bonds. The number of hydrogen-bond donors (Lipinski definition) is 1. The first-order valence-electron chi connectivity index (χ1n) is 6.53. The Balaban J connectivity index is 2.22. The van der Waals surface area contributed by atoms with E-state index in [9.17, 15) is 4.39 Å². The molecule has 0 spiro atoms. The summed E-state index contributed by atoms with van der Waals surface area (Å²) in [5, 5.41) is 3.37. The molecular formula is C15H20FN3. The van der Waals surface area contributed by atoms with Crippen molar-refractivity contribution in [2.75, 3.05) is 0 Å². The van der Waals surface area contributed by atoms with Crippen LogP contribution in [0.5, 0.6) is 0 Å². The normalized spacial score (nSPS) is 11.2. The van der Waals surface area contributed by atoms with Gasteiger partial charge < -0.3 is 9.88 Å². The SMILES string of the molecule is CC(C)NCc1ccc(F)cc1Cc1nccn1C. The topological polar surface area (TPSA) is 29.9 Å². The molecule has 0 aliphatic rings. The van der Waals surface area contributed by atoms with E-state index in [1.165, 1.54) is 6.07 Å². The van der Waals surface area contributed by atoms with Crippen molar-refractivity contribution < 1.29 is 4.39 Å². The Labute approximate surface area is 113 Å². The minimum absolute atomic E-state index is 0.197. The van der Waals surface area contributed by atoms with Crippen molar-refractivity contribution >= 4 is 0 Å². The molecule has 2 aromatic rings. The zero-order chi connectivity index (χ0) is 13.8. The third-order valence-corrected chi connectivity index (χ3v) is 3.14. The van der Waals surface area contributed by atoms with Crippen LogP contribution in [0, 0.1) is 5.82 Å². The lowest BCUT2D eigenvalue weighted by Crippen LogP contribution is -2.22. The van der Waals surface area contributed by atoms with Gasteiger partial charge in [0.15, 0.2) is 0 Å². The van der Waals surface area contributed by atoms with Gasteiger partial charge in [0.25, 0.3) is 0 Å². The van der Waals surface area contributed by atoms with E-state index in [-0.39, 0.29) is 5.82 Å². The number of halogens is 1. The summed E-state index contributed by atoms with van der Waals surface area (Å²) < 4.78 is 15.4. The van der Waals surface area contributed by atoms with E-state index in [0.717, 1.165) is 23.5 Å². The van der Waals surface area contributed by atoms with Crippen molar-refractivity contribution in [3.8, 4) is 0 Å². The Morgan fingerprint density at radius 2 is 2.11 bits per heavy atom. The summed E-state index contributed by atoms with van der Waals surface area (Å²) in [6.45, 7) is 4.95. The Bertz CT molecular complexity index is 546. The van der Waals surface area contributed by atoms with Crippen LogP contribution in [-0.2, 0) is 20.0 Å². The second kappa shape index (κ2) is 5.97. The number of imidazole rings is 1. The van der Waals surface area contributed by atoms with Gasteiger partial charge in [-0.2, -0.15) is 0 Å². The van der Waals surface area contributed by atoms with Crippen LogP contribution in [0.2, 0.25) is 0 Å². The molecule has 0 atom stereocenters. The Morgan fingerprint density at radius 3 is 2.74 bits per heavy atom. The maximum Gasteiger partial charge on any atom is 0.123 e.